The van der Waals surface area contributed by atoms with Gasteiger partial charge in [-0.3, -0.25) is 9.59 Å². The number of hydrogen-bond acceptors (Lipinski definition) is 3. The molecule has 21 heavy (non-hydrogen) atoms. The van der Waals surface area contributed by atoms with E-state index >= 15 is 0 Å². The lowest BCUT2D eigenvalue weighted by atomic mass is 9.91. The third kappa shape index (κ3) is 3.23. The Morgan fingerprint density at radius 2 is 2.05 bits per heavy atom. The quantitative estimate of drug-likeness (QED) is 0.860. The molecule has 1 aliphatic carbocycles. The van der Waals surface area contributed by atoms with Crippen LogP contribution in [0.15, 0.2) is 0 Å². The number of carbonyl (C=O) groups is 2. The summed E-state index contributed by atoms with van der Waals surface area (Å²) in [7, 11) is 0. The number of likely N-dealkylation sites (tertiary alicyclic amines) is 1. The fourth-order valence-electron chi connectivity index (χ4n) is 4.08. The van der Waals surface area contributed by atoms with Crippen molar-refractivity contribution in [2.75, 3.05) is 26.3 Å². The van der Waals surface area contributed by atoms with Gasteiger partial charge in [0, 0.05) is 38.6 Å². The molecule has 1 saturated carbocycles. The average molecular weight is 295 g/mol. The number of amides is 1. The van der Waals surface area contributed by atoms with Gasteiger partial charge in [0.2, 0.25) is 5.91 Å². The van der Waals surface area contributed by atoms with E-state index in [-0.39, 0.29) is 17.8 Å². The zero-order valence-electron chi connectivity index (χ0n) is 12.6. The van der Waals surface area contributed by atoms with Gasteiger partial charge in [-0.2, -0.15) is 0 Å². The standard InChI is InChI=1S/C16H25NO4/c18-14(19)4-3-12-2-1-7-17(11-12)15(20)13-10-16(13)5-8-21-9-6-16/h12-13H,1-11H2,(H,18,19). The highest BCUT2D eigenvalue weighted by Crippen LogP contribution is 2.59. The van der Waals surface area contributed by atoms with Gasteiger partial charge in [-0.25, -0.2) is 0 Å². The molecule has 3 rings (SSSR count). The molecule has 2 unspecified atom stereocenters. The number of carboxylic acids is 1. The van der Waals surface area contributed by atoms with Gasteiger partial charge in [0.25, 0.3) is 0 Å². The van der Waals surface area contributed by atoms with E-state index in [1.165, 1.54) is 0 Å². The molecule has 2 atom stereocenters. The summed E-state index contributed by atoms with van der Waals surface area (Å²) in [6, 6.07) is 0. The molecule has 118 valence electrons. The molecule has 2 aliphatic heterocycles. The van der Waals surface area contributed by atoms with Gasteiger partial charge < -0.3 is 14.7 Å². The Balaban J connectivity index is 1.52. The summed E-state index contributed by atoms with van der Waals surface area (Å²) in [6.45, 7) is 3.21. The Hall–Kier alpha value is -1.10. The lowest BCUT2D eigenvalue weighted by Crippen LogP contribution is -2.42. The Morgan fingerprint density at radius 3 is 2.76 bits per heavy atom. The van der Waals surface area contributed by atoms with E-state index in [9.17, 15) is 9.59 Å². The van der Waals surface area contributed by atoms with Gasteiger partial charge in [-0.05, 0) is 49.9 Å². The van der Waals surface area contributed by atoms with Crippen LogP contribution in [-0.2, 0) is 14.3 Å². The first-order valence-corrected chi connectivity index (χ1v) is 8.19. The fraction of sp³-hybridized carbons (Fsp3) is 0.875. The summed E-state index contributed by atoms with van der Waals surface area (Å²) in [6.07, 6.45) is 6.07. The molecule has 5 nitrogen and oxygen atoms in total. The predicted molar refractivity (Wildman–Crippen MR) is 76.8 cm³/mol. The first kappa shape index (κ1) is 14.8. The lowest BCUT2D eigenvalue weighted by Gasteiger charge is -2.34. The van der Waals surface area contributed by atoms with Gasteiger partial charge in [-0.15, -0.1) is 0 Å². The third-order valence-corrected chi connectivity index (χ3v) is 5.57. The molecule has 0 aromatic rings. The fourth-order valence-corrected chi connectivity index (χ4v) is 4.08. The van der Waals surface area contributed by atoms with Crippen LogP contribution in [0.1, 0.15) is 44.9 Å². The molecular weight excluding hydrogens is 270 g/mol. The minimum atomic E-state index is -0.734. The van der Waals surface area contributed by atoms with E-state index in [0.717, 1.165) is 58.4 Å². The normalized spacial score (nSPS) is 31.1. The lowest BCUT2D eigenvalue weighted by molar-refractivity contribution is -0.137. The SMILES string of the molecule is O=C(O)CCC1CCCN(C(=O)C2CC23CCOCC3)C1. The Labute approximate surface area is 125 Å². The number of carbonyl (C=O) groups excluding carboxylic acids is 1. The van der Waals surface area contributed by atoms with Crippen LogP contribution in [0, 0.1) is 17.3 Å². The van der Waals surface area contributed by atoms with E-state index in [2.05, 4.69) is 0 Å². The molecule has 2 heterocycles. The number of piperidine rings is 1. The van der Waals surface area contributed by atoms with Crippen molar-refractivity contribution in [3.05, 3.63) is 0 Å². The number of carboxylic acid groups (broad SMARTS) is 1. The first-order valence-electron chi connectivity index (χ1n) is 8.19. The number of aliphatic carboxylic acids is 1. The molecule has 0 aromatic heterocycles. The van der Waals surface area contributed by atoms with Gasteiger partial charge in [0.05, 0.1) is 0 Å². The van der Waals surface area contributed by atoms with Crippen LogP contribution in [0.25, 0.3) is 0 Å². The minimum Gasteiger partial charge on any atom is -0.481 e. The number of rotatable bonds is 4. The zero-order valence-corrected chi connectivity index (χ0v) is 12.6. The molecule has 3 fully saturated rings. The van der Waals surface area contributed by atoms with Crippen molar-refractivity contribution in [1.29, 1.82) is 0 Å². The maximum absolute atomic E-state index is 12.7. The number of nitrogens with zero attached hydrogens (tertiary/aromatic N) is 1. The number of ether oxygens (including phenoxy) is 1. The predicted octanol–water partition coefficient (Wildman–Crippen LogP) is 1.91. The zero-order chi connectivity index (χ0) is 14.9. The van der Waals surface area contributed by atoms with E-state index in [0.29, 0.717) is 18.2 Å². The maximum Gasteiger partial charge on any atom is 0.303 e. The van der Waals surface area contributed by atoms with E-state index < -0.39 is 5.97 Å². The highest BCUT2D eigenvalue weighted by Gasteiger charge is 2.59. The van der Waals surface area contributed by atoms with Gasteiger partial charge in [0.1, 0.15) is 0 Å². The van der Waals surface area contributed by atoms with Crippen molar-refractivity contribution in [2.45, 2.75) is 44.9 Å². The molecule has 5 heteroatoms. The summed E-state index contributed by atoms with van der Waals surface area (Å²) in [5.74, 6) is 0.154. The Bertz CT molecular complexity index is 417. The smallest absolute Gasteiger partial charge is 0.303 e. The topological polar surface area (TPSA) is 66.8 Å². The molecule has 0 radical (unpaired) electrons. The van der Waals surface area contributed by atoms with Crippen molar-refractivity contribution in [3.8, 4) is 0 Å². The third-order valence-electron chi connectivity index (χ3n) is 5.57. The molecule has 2 saturated heterocycles. The molecular formula is C16H25NO4. The highest BCUT2D eigenvalue weighted by atomic mass is 16.5. The summed E-state index contributed by atoms with van der Waals surface area (Å²) in [5, 5.41) is 8.79. The minimum absolute atomic E-state index is 0.208. The summed E-state index contributed by atoms with van der Waals surface area (Å²) in [5.41, 5.74) is 0.239. The van der Waals surface area contributed by atoms with Crippen LogP contribution in [0.5, 0.6) is 0 Å². The molecule has 0 aromatic carbocycles. The van der Waals surface area contributed by atoms with Crippen LogP contribution >= 0.6 is 0 Å². The van der Waals surface area contributed by atoms with Crippen molar-refractivity contribution >= 4 is 11.9 Å². The largest absolute Gasteiger partial charge is 0.481 e. The van der Waals surface area contributed by atoms with Crippen molar-refractivity contribution in [2.24, 2.45) is 17.3 Å². The monoisotopic (exact) mass is 295 g/mol. The second kappa shape index (κ2) is 5.95. The molecule has 3 aliphatic rings. The van der Waals surface area contributed by atoms with Crippen LogP contribution in [0.2, 0.25) is 0 Å². The second-order valence-corrected chi connectivity index (χ2v) is 6.96. The molecule has 1 N–H and O–H groups in total. The maximum atomic E-state index is 12.7. The van der Waals surface area contributed by atoms with E-state index in [1.54, 1.807) is 0 Å². The summed E-state index contributed by atoms with van der Waals surface area (Å²) >= 11 is 0. The van der Waals surface area contributed by atoms with Crippen LogP contribution in [0.3, 0.4) is 0 Å². The van der Waals surface area contributed by atoms with Gasteiger partial charge in [-0.1, -0.05) is 0 Å². The van der Waals surface area contributed by atoms with Crippen LogP contribution < -0.4 is 0 Å². The second-order valence-electron chi connectivity index (χ2n) is 6.96. The Kier molecular flexibility index (Phi) is 4.20. The Morgan fingerprint density at radius 1 is 1.29 bits per heavy atom. The van der Waals surface area contributed by atoms with Crippen molar-refractivity contribution in [3.63, 3.8) is 0 Å². The van der Waals surface area contributed by atoms with Gasteiger partial charge in [0.15, 0.2) is 0 Å². The molecule has 0 bridgehead atoms. The summed E-state index contributed by atoms with van der Waals surface area (Å²) < 4.78 is 5.41. The van der Waals surface area contributed by atoms with Crippen molar-refractivity contribution in [1.82, 2.24) is 4.90 Å². The average Bonchev–Trinajstić information content (AvgIpc) is 3.18. The van der Waals surface area contributed by atoms with Gasteiger partial charge >= 0.3 is 5.97 Å². The van der Waals surface area contributed by atoms with E-state index in [4.69, 9.17) is 9.84 Å². The molecule has 1 amide bonds. The van der Waals surface area contributed by atoms with Crippen molar-refractivity contribution < 1.29 is 19.4 Å². The first-order chi connectivity index (χ1) is 10.1. The summed E-state index contributed by atoms with van der Waals surface area (Å²) in [4.78, 5) is 25.4. The highest BCUT2D eigenvalue weighted by molar-refractivity contribution is 5.82. The number of hydrogen-bond donors (Lipinski definition) is 1. The van der Waals surface area contributed by atoms with Crippen LogP contribution in [-0.4, -0.2) is 48.2 Å². The van der Waals surface area contributed by atoms with E-state index in [1.807, 2.05) is 4.90 Å². The van der Waals surface area contributed by atoms with Crippen LogP contribution in [0.4, 0.5) is 0 Å². The molecule has 1 spiro atoms.